The van der Waals surface area contributed by atoms with Gasteiger partial charge in [0.2, 0.25) is 0 Å². The Hall–Kier alpha value is -2.73. The van der Waals surface area contributed by atoms with Crippen LogP contribution in [0.3, 0.4) is 0 Å². The Morgan fingerprint density at radius 2 is 1.55 bits per heavy atom. The lowest BCUT2D eigenvalue weighted by atomic mass is 9.97. The monoisotopic (exact) mass is 430 g/mol. The Balaban J connectivity index is 2.40. The molecule has 1 unspecified atom stereocenters. The van der Waals surface area contributed by atoms with E-state index in [4.69, 9.17) is 23.7 Å². The summed E-state index contributed by atoms with van der Waals surface area (Å²) in [5.41, 5.74) is 0. The Morgan fingerprint density at radius 3 is 2.07 bits per heavy atom. The fourth-order valence-electron chi connectivity index (χ4n) is 2.76. The maximum absolute atomic E-state index is 11.7. The van der Waals surface area contributed by atoms with Crippen LogP contribution < -0.4 is 5.32 Å². The number of aromatic nitrogens is 1. The van der Waals surface area contributed by atoms with Gasteiger partial charge < -0.3 is 29.0 Å². The largest absolute Gasteiger partial charge is 0.463 e. The minimum absolute atomic E-state index is 0.284. The van der Waals surface area contributed by atoms with Crippen LogP contribution in [0, 0.1) is 0 Å². The molecule has 0 aromatic carbocycles. The molecule has 12 heteroatoms. The molecular formula is C17H22N2O9S. The molecule has 29 heavy (non-hydrogen) atoms. The van der Waals surface area contributed by atoms with Crippen LogP contribution in [0.1, 0.15) is 27.7 Å². The van der Waals surface area contributed by atoms with E-state index >= 15 is 0 Å². The number of rotatable bonds is 7. The average molecular weight is 430 g/mol. The Bertz CT molecular complexity index is 739. The first kappa shape index (κ1) is 22.6. The van der Waals surface area contributed by atoms with E-state index in [0.717, 1.165) is 13.8 Å². The first-order valence-electron chi connectivity index (χ1n) is 8.64. The second kappa shape index (κ2) is 10.2. The predicted molar refractivity (Wildman–Crippen MR) is 97.7 cm³/mol. The number of carbonyl (C=O) groups excluding carboxylic acids is 4. The molecule has 1 aliphatic heterocycles. The van der Waals surface area contributed by atoms with Gasteiger partial charge in [0.15, 0.2) is 29.7 Å². The third kappa shape index (κ3) is 6.68. The summed E-state index contributed by atoms with van der Waals surface area (Å²) in [6.45, 7) is 4.43. The first-order valence-corrected chi connectivity index (χ1v) is 9.52. The molecule has 160 valence electrons. The second-order valence-electron chi connectivity index (χ2n) is 6.10. The van der Waals surface area contributed by atoms with Gasteiger partial charge in [0.25, 0.3) is 0 Å². The average Bonchev–Trinajstić information content (AvgIpc) is 3.10. The van der Waals surface area contributed by atoms with Gasteiger partial charge in [-0.2, -0.15) is 0 Å². The van der Waals surface area contributed by atoms with Gasteiger partial charge in [0.05, 0.1) is 0 Å². The quantitative estimate of drug-likeness (QED) is 0.481. The van der Waals surface area contributed by atoms with Gasteiger partial charge in [0, 0.05) is 39.3 Å². The van der Waals surface area contributed by atoms with Crippen LogP contribution >= 0.6 is 11.3 Å². The predicted octanol–water partition coefficient (Wildman–Crippen LogP) is 0.638. The zero-order chi connectivity index (χ0) is 21.6. The van der Waals surface area contributed by atoms with Crippen molar-refractivity contribution in [3.05, 3.63) is 11.6 Å². The molecule has 11 nitrogen and oxygen atoms in total. The number of hydrogen-bond donors (Lipinski definition) is 1. The highest BCUT2D eigenvalue weighted by Gasteiger charge is 2.52. The maximum Gasteiger partial charge on any atom is 0.303 e. The topological polar surface area (TPSA) is 139 Å². The van der Waals surface area contributed by atoms with Crippen molar-refractivity contribution >= 4 is 40.3 Å². The summed E-state index contributed by atoms with van der Waals surface area (Å²) >= 11 is 1.26. The van der Waals surface area contributed by atoms with E-state index in [9.17, 15) is 19.2 Å². The Morgan fingerprint density at radius 1 is 0.966 bits per heavy atom. The summed E-state index contributed by atoms with van der Waals surface area (Å²) in [7, 11) is 0. The van der Waals surface area contributed by atoms with Crippen LogP contribution in [0.2, 0.25) is 0 Å². The van der Waals surface area contributed by atoms with E-state index in [2.05, 4.69) is 10.3 Å². The van der Waals surface area contributed by atoms with Crippen molar-refractivity contribution in [3.63, 3.8) is 0 Å². The molecule has 1 aromatic rings. The van der Waals surface area contributed by atoms with Gasteiger partial charge in [-0.1, -0.05) is 0 Å². The van der Waals surface area contributed by atoms with Crippen molar-refractivity contribution in [2.24, 2.45) is 0 Å². The molecule has 0 bridgehead atoms. The summed E-state index contributed by atoms with van der Waals surface area (Å²) in [6, 6.07) is 0. The lowest BCUT2D eigenvalue weighted by Gasteiger charge is -2.44. The zero-order valence-corrected chi connectivity index (χ0v) is 17.1. The number of hydrogen-bond acceptors (Lipinski definition) is 12. The highest BCUT2D eigenvalue weighted by Crippen LogP contribution is 2.30. The van der Waals surface area contributed by atoms with Gasteiger partial charge in [-0.05, 0) is 0 Å². The van der Waals surface area contributed by atoms with Gasteiger partial charge in [0.1, 0.15) is 12.7 Å². The lowest BCUT2D eigenvalue weighted by Crippen LogP contribution is -2.64. The molecule has 0 saturated carbocycles. The molecule has 1 aromatic heterocycles. The molecular weight excluding hydrogens is 408 g/mol. The van der Waals surface area contributed by atoms with Crippen molar-refractivity contribution in [1.29, 1.82) is 0 Å². The molecule has 0 radical (unpaired) electrons. The molecule has 1 aliphatic rings. The molecule has 2 rings (SSSR count). The minimum atomic E-state index is -1.22. The second-order valence-corrected chi connectivity index (χ2v) is 7.00. The number of carbonyl (C=O) groups is 4. The molecule has 1 N–H and O–H groups in total. The fourth-order valence-corrected chi connectivity index (χ4v) is 3.32. The molecule has 5 atom stereocenters. The van der Waals surface area contributed by atoms with Crippen LogP contribution in [0.25, 0.3) is 0 Å². The van der Waals surface area contributed by atoms with Crippen molar-refractivity contribution in [2.75, 3.05) is 11.9 Å². The van der Waals surface area contributed by atoms with Crippen LogP contribution in [-0.4, -0.2) is 66.1 Å². The van der Waals surface area contributed by atoms with Crippen LogP contribution in [0.5, 0.6) is 0 Å². The molecule has 2 heterocycles. The van der Waals surface area contributed by atoms with E-state index in [0.29, 0.717) is 5.13 Å². The molecule has 0 amide bonds. The van der Waals surface area contributed by atoms with E-state index in [-0.39, 0.29) is 6.61 Å². The number of nitrogens with one attached hydrogen (secondary N) is 1. The highest BCUT2D eigenvalue weighted by atomic mass is 32.1. The van der Waals surface area contributed by atoms with E-state index < -0.39 is 54.5 Å². The summed E-state index contributed by atoms with van der Waals surface area (Å²) in [6.07, 6.45) is -4.05. The number of nitrogens with zero attached hydrogens (tertiary/aromatic N) is 1. The van der Waals surface area contributed by atoms with E-state index in [1.165, 1.54) is 25.2 Å². The van der Waals surface area contributed by atoms with Gasteiger partial charge in [-0.15, -0.1) is 11.3 Å². The maximum atomic E-state index is 11.7. The van der Waals surface area contributed by atoms with E-state index in [1.807, 2.05) is 0 Å². The number of esters is 4. The van der Waals surface area contributed by atoms with E-state index in [1.54, 1.807) is 11.6 Å². The smallest absolute Gasteiger partial charge is 0.303 e. The molecule has 1 saturated heterocycles. The summed E-state index contributed by atoms with van der Waals surface area (Å²) in [4.78, 5) is 50.4. The molecule has 0 aliphatic carbocycles. The number of ether oxygens (including phenoxy) is 5. The number of anilines is 1. The van der Waals surface area contributed by atoms with Gasteiger partial charge in [-0.25, -0.2) is 4.98 Å². The van der Waals surface area contributed by atoms with Crippen molar-refractivity contribution in [1.82, 2.24) is 4.98 Å². The van der Waals surface area contributed by atoms with Crippen LogP contribution in [-0.2, 0) is 42.9 Å². The minimum Gasteiger partial charge on any atom is -0.463 e. The summed E-state index contributed by atoms with van der Waals surface area (Å²) in [5, 5.41) is 5.11. The van der Waals surface area contributed by atoms with Crippen molar-refractivity contribution in [3.8, 4) is 0 Å². The molecule has 0 spiro atoms. The lowest BCUT2D eigenvalue weighted by molar-refractivity contribution is -0.247. The summed E-state index contributed by atoms with van der Waals surface area (Å²) in [5.74, 6) is -2.62. The summed E-state index contributed by atoms with van der Waals surface area (Å²) < 4.78 is 26.8. The highest BCUT2D eigenvalue weighted by molar-refractivity contribution is 7.13. The van der Waals surface area contributed by atoms with Gasteiger partial charge >= 0.3 is 23.9 Å². The molecule has 1 fully saturated rings. The normalized spacial score (nSPS) is 26.1. The van der Waals surface area contributed by atoms with Crippen molar-refractivity contribution in [2.45, 2.75) is 58.3 Å². The third-order valence-electron chi connectivity index (χ3n) is 3.69. The third-order valence-corrected chi connectivity index (χ3v) is 4.39. The fraction of sp³-hybridized carbons (Fsp3) is 0.588. The Labute approximate surface area is 170 Å². The van der Waals surface area contributed by atoms with Crippen LogP contribution in [0.4, 0.5) is 5.13 Å². The first-order chi connectivity index (χ1) is 13.7. The zero-order valence-electron chi connectivity index (χ0n) is 16.3. The number of thiazole rings is 1. The standard InChI is InChI=1S/C17H22N2O9S/c1-8(20)24-7-12-13(25-9(2)21)14(26-10(3)22)15(27-11(4)23)16(28-12)19-17-18-5-6-29-17/h5-6,12-16H,7H2,1-4H3,(H,18,19)/t12-,13-,14+,15+,16?/m1/s1. The van der Waals surface area contributed by atoms with Crippen molar-refractivity contribution < 1.29 is 42.9 Å². The Kier molecular flexibility index (Phi) is 7.91. The van der Waals surface area contributed by atoms with Gasteiger partial charge in [-0.3, -0.25) is 19.2 Å². The SMILES string of the molecule is CC(=O)OC[C@H]1OC(Nc2nccs2)[C@@H](OC(C)=O)[C@@H](OC(C)=O)[C@@H]1OC(C)=O. The van der Waals surface area contributed by atoms with Crippen LogP contribution in [0.15, 0.2) is 11.6 Å².